The van der Waals surface area contributed by atoms with E-state index in [9.17, 15) is 9.59 Å². The summed E-state index contributed by atoms with van der Waals surface area (Å²) >= 11 is 0. The molecule has 1 aliphatic rings. The van der Waals surface area contributed by atoms with Crippen LogP contribution in [0, 0.1) is 11.8 Å². The van der Waals surface area contributed by atoms with Crippen molar-refractivity contribution in [3.8, 4) is 11.4 Å². The summed E-state index contributed by atoms with van der Waals surface area (Å²) in [5.41, 5.74) is 1.65. The molecule has 0 aliphatic heterocycles. The van der Waals surface area contributed by atoms with Crippen molar-refractivity contribution in [3.63, 3.8) is 0 Å². The Hall–Kier alpha value is -2.83. The number of ether oxygens (including phenoxy) is 1. The molecule has 0 unspecified atom stereocenters. The molecule has 0 radical (unpaired) electrons. The van der Waals surface area contributed by atoms with Crippen LogP contribution in [0.2, 0.25) is 0 Å². The van der Waals surface area contributed by atoms with E-state index in [0.717, 1.165) is 17.1 Å². The van der Waals surface area contributed by atoms with Gasteiger partial charge in [0.25, 0.3) is 0 Å². The molecule has 1 saturated carbocycles. The summed E-state index contributed by atoms with van der Waals surface area (Å²) in [7, 11) is 1.62. The molecule has 0 saturated heterocycles. The van der Waals surface area contributed by atoms with E-state index >= 15 is 0 Å². The summed E-state index contributed by atoms with van der Waals surface area (Å²) in [4.78, 5) is 23.2. The minimum absolute atomic E-state index is 0.0947. The van der Waals surface area contributed by atoms with Gasteiger partial charge in [-0.2, -0.15) is 5.10 Å². The highest BCUT2D eigenvalue weighted by atomic mass is 16.5. The Balaban J connectivity index is 1.55. The molecule has 2 atom stereocenters. The van der Waals surface area contributed by atoms with E-state index in [1.54, 1.807) is 11.8 Å². The maximum atomic E-state index is 12.2. The standard InChI is InChI=1S/C18H21N3O4/c1-25-16-6-4-15(5-7-16)21-9-8-14(20-21)11-19-17(22)12-2-3-13(10-12)18(23)24/h4-9,12-13H,2-3,10-11H2,1H3,(H,19,22)(H,23,24)/t12-,13+/m1/s1. The molecule has 7 heteroatoms. The van der Waals surface area contributed by atoms with Gasteiger partial charge in [-0.1, -0.05) is 0 Å². The van der Waals surface area contributed by atoms with E-state index < -0.39 is 11.9 Å². The second-order valence-electron chi connectivity index (χ2n) is 6.21. The first-order valence-corrected chi connectivity index (χ1v) is 8.26. The second-order valence-corrected chi connectivity index (χ2v) is 6.21. The number of aromatic nitrogens is 2. The first kappa shape index (κ1) is 17.0. The van der Waals surface area contributed by atoms with Crippen LogP contribution < -0.4 is 10.1 Å². The number of amides is 1. The lowest BCUT2D eigenvalue weighted by Crippen LogP contribution is -2.29. The smallest absolute Gasteiger partial charge is 0.306 e. The van der Waals surface area contributed by atoms with E-state index in [-0.39, 0.29) is 11.8 Å². The molecule has 0 bridgehead atoms. The molecule has 0 spiro atoms. The molecule has 1 amide bonds. The third-order valence-electron chi connectivity index (χ3n) is 4.58. The first-order chi connectivity index (χ1) is 12.1. The van der Waals surface area contributed by atoms with Crippen LogP contribution in [0.5, 0.6) is 5.75 Å². The van der Waals surface area contributed by atoms with Crippen LogP contribution in [-0.4, -0.2) is 33.9 Å². The van der Waals surface area contributed by atoms with Crippen molar-refractivity contribution in [1.29, 1.82) is 0 Å². The molecule has 1 aliphatic carbocycles. The number of nitrogens with zero attached hydrogens (tertiary/aromatic N) is 2. The Morgan fingerprint density at radius 2 is 1.96 bits per heavy atom. The number of carbonyl (C=O) groups excluding carboxylic acids is 1. The average molecular weight is 343 g/mol. The number of carboxylic acid groups (broad SMARTS) is 1. The third kappa shape index (κ3) is 3.99. The lowest BCUT2D eigenvalue weighted by atomic mass is 10.0. The topological polar surface area (TPSA) is 93.5 Å². The van der Waals surface area contributed by atoms with Crippen LogP contribution in [0.4, 0.5) is 0 Å². The van der Waals surface area contributed by atoms with Crippen molar-refractivity contribution in [3.05, 3.63) is 42.2 Å². The van der Waals surface area contributed by atoms with Gasteiger partial charge in [0.05, 0.1) is 31.0 Å². The quantitative estimate of drug-likeness (QED) is 0.837. The largest absolute Gasteiger partial charge is 0.497 e. The zero-order valence-electron chi connectivity index (χ0n) is 14.0. The van der Waals surface area contributed by atoms with Crippen LogP contribution in [0.15, 0.2) is 36.5 Å². The lowest BCUT2D eigenvalue weighted by Gasteiger charge is -2.09. The lowest BCUT2D eigenvalue weighted by molar-refractivity contribution is -0.141. The summed E-state index contributed by atoms with van der Waals surface area (Å²) in [5, 5.41) is 16.3. The van der Waals surface area contributed by atoms with Gasteiger partial charge in [-0.05, 0) is 49.6 Å². The SMILES string of the molecule is COc1ccc(-n2ccc(CNC(=O)[C@@H]3CC[C@H](C(=O)O)C3)n2)cc1. The van der Waals surface area contributed by atoms with Crippen molar-refractivity contribution in [2.24, 2.45) is 11.8 Å². The summed E-state index contributed by atoms with van der Waals surface area (Å²) < 4.78 is 6.87. The number of methoxy groups -OCH3 is 1. The maximum absolute atomic E-state index is 12.2. The van der Waals surface area contributed by atoms with Gasteiger partial charge in [0.15, 0.2) is 0 Å². The highest BCUT2D eigenvalue weighted by Crippen LogP contribution is 2.31. The van der Waals surface area contributed by atoms with Crippen molar-refractivity contribution < 1.29 is 19.4 Å². The monoisotopic (exact) mass is 343 g/mol. The van der Waals surface area contributed by atoms with E-state index in [0.29, 0.717) is 25.8 Å². The Bertz CT molecular complexity index is 754. The number of hydrogen-bond acceptors (Lipinski definition) is 4. The molecule has 2 N–H and O–H groups in total. The summed E-state index contributed by atoms with van der Waals surface area (Å²) in [5.74, 6) is -0.745. The van der Waals surface area contributed by atoms with Crippen molar-refractivity contribution in [2.75, 3.05) is 7.11 Å². The molecule has 7 nitrogen and oxygen atoms in total. The van der Waals surface area contributed by atoms with Gasteiger partial charge in [0.1, 0.15) is 5.75 Å². The van der Waals surface area contributed by atoms with Crippen LogP contribution in [0.1, 0.15) is 25.0 Å². The van der Waals surface area contributed by atoms with Crippen LogP contribution >= 0.6 is 0 Å². The number of carboxylic acids is 1. The predicted molar refractivity (Wildman–Crippen MR) is 90.4 cm³/mol. The molecule has 1 aromatic carbocycles. The van der Waals surface area contributed by atoms with Gasteiger partial charge in [-0.25, -0.2) is 4.68 Å². The maximum Gasteiger partial charge on any atom is 0.306 e. The number of rotatable bonds is 6. The Labute approximate surface area is 145 Å². The molecule has 132 valence electrons. The Morgan fingerprint density at radius 1 is 1.24 bits per heavy atom. The fraction of sp³-hybridized carbons (Fsp3) is 0.389. The Kier molecular flexibility index (Phi) is 5.02. The average Bonchev–Trinajstić information content (AvgIpc) is 3.29. The summed E-state index contributed by atoms with van der Waals surface area (Å²) in [6, 6.07) is 9.37. The first-order valence-electron chi connectivity index (χ1n) is 8.26. The summed E-state index contributed by atoms with van der Waals surface area (Å²) in [6.07, 6.45) is 3.45. The number of carbonyl (C=O) groups is 2. The van der Waals surface area contributed by atoms with Gasteiger partial charge in [0, 0.05) is 12.1 Å². The molecular weight excluding hydrogens is 322 g/mol. The van der Waals surface area contributed by atoms with Crippen LogP contribution in [0.3, 0.4) is 0 Å². The number of benzene rings is 1. The number of hydrogen-bond donors (Lipinski definition) is 2. The molecule has 2 aromatic rings. The minimum Gasteiger partial charge on any atom is -0.497 e. The predicted octanol–water partition coefficient (Wildman–Crippen LogP) is 2.00. The van der Waals surface area contributed by atoms with Crippen LogP contribution in [0.25, 0.3) is 5.69 Å². The van der Waals surface area contributed by atoms with E-state index in [2.05, 4.69) is 10.4 Å². The third-order valence-corrected chi connectivity index (χ3v) is 4.58. The molecule has 1 heterocycles. The zero-order chi connectivity index (χ0) is 17.8. The van der Waals surface area contributed by atoms with E-state index in [1.807, 2.05) is 36.5 Å². The molecule has 25 heavy (non-hydrogen) atoms. The fourth-order valence-electron chi connectivity index (χ4n) is 3.10. The van der Waals surface area contributed by atoms with E-state index in [4.69, 9.17) is 9.84 Å². The second kappa shape index (κ2) is 7.38. The highest BCUT2D eigenvalue weighted by molar-refractivity contribution is 5.80. The molecule has 1 aromatic heterocycles. The van der Waals surface area contributed by atoms with Gasteiger partial charge in [-0.3, -0.25) is 9.59 Å². The Morgan fingerprint density at radius 3 is 2.60 bits per heavy atom. The van der Waals surface area contributed by atoms with Gasteiger partial charge in [0.2, 0.25) is 5.91 Å². The molecular formula is C18H21N3O4. The normalized spacial score (nSPS) is 19.6. The highest BCUT2D eigenvalue weighted by Gasteiger charge is 2.33. The van der Waals surface area contributed by atoms with Crippen molar-refractivity contribution in [1.82, 2.24) is 15.1 Å². The number of nitrogens with one attached hydrogen (secondary N) is 1. The van der Waals surface area contributed by atoms with Gasteiger partial charge in [-0.15, -0.1) is 0 Å². The van der Waals surface area contributed by atoms with Gasteiger partial charge >= 0.3 is 5.97 Å². The fourth-order valence-corrected chi connectivity index (χ4v) is 3.10. The van der Waals surface area contributed by atoms with Crippen LogP contribution in [-0.2, 0) is 16.1 Å². The molecule has 1 fully saturated rings. The summed E-state index contributed by atoms with van der Waals surface area (Å²) in [6.45, 7) is 0.330. The minimum atomic E-state index is -0.812. The van der Waals surface area contributed by atoms with Crippen molar-refractivity contribution in [2.45, 2.75) is 25.8 Å². The molecule has 3 rings (SSSR count). The zero-order valence-corrected chi connectivity index (χ0v) is 14.0. The van der Waals surface area contributed by atoms with Crippen molar-refractivity contribution >= 4 is 11.9 Å². The van der Waals surface area contributed by atoms with Gasteiger partial charge < -0.3 is 15.2 Å². The number of aliphatic carboxylic acids is 1. The van der Waals surface area contributed by atoms with E-state index in [1.165, 1.54) is 0 Å².